The molecule has 0 N–H and O–H groups in total. The minimum atomic E-state index is 0.602. The fourth-order valence-corrected chi connectivity index (χ4v) is 8.08. The summed E-state index contributed by atoms with van der Waals surface area (Å²) >= 11 is 1.86. The number of fused-ring (bicyclic) bond motifs is 6. The molecule has 10 aromatic rings. The summed E-state index contributed by atoms with van der Waals surface area (Å²) in [7, 11) is 0. The van der Waals surface area contributed by atoms with E-state index in [0.29, 0.717) is 17.5 Å². The van der Waals surface area contributed by atoms with E-state index in [0.717, 1.165) is 44.2 Å². The van der Waals surface area contributed by atoms with Gasteiger partial charge in [-0.1, -0.05) is 121 Å². The van der Waals surface area contributed by atoms with Gasteiger partial charge in [-0.25, -0.2) is 15.0 Å². The van der Waals surface area contributed by atoms with E-state index < -0.39 is 0 Å². The lowest BCUT2D eigenvalue weighted by atomic mass is 9.95. The molecule has 0 spiro atoms. The van der Waals surface area contributed by atoms with Crippen molar-refractivity contribution in [3.05, 3.63) is 164 Å². The third-order valence-electron chi connectivity index (χ3n) is 9.33. The van der Waals surface area contributed by atoms with Crippen LogP contribution in [-0.4, -0.2) is 15.0 Å². The van der Waals surface area contributed by atoms with E-state index in [1.165, 1.54) is 36.9 Å². The van der Waals surface area contributed by atoms with E-state index in [-0.39, 0.29) is 0 Å². The summed E-state index contributed by atoms with van der Waals surface area (Å²) in [5, 5.41) is 4.70. The molecule has 0 unspecified atom stereocenters. The van der Waals surface area contributed by atoms with Gasteiger partial charge in [0.25, 0.3) is 0 Å². The molecule has 0 aliphatic carbocycles. The molecule has 0 bridgehead atoms. The maximum absolute atomic E-state index is 6.47. The van der Waals surface area contributed by atoms with Gasteiger partial charge in [0, 0.05) is 53.2 Å². The molecule has 10 rings (SSSR count). The number of thiophene rings is 1. The Hall–Kier alpha value is -6.43. The third-order valence-corrected chi connectivity index (χ3v) is 10.5. The molecule has 0 saturated carbocycles. The van der Waals surface area contributed by atoms with E-state index >= 15 is 0 Å². The van der Waals surface area contributed by atoms with E-state index in [2.05, 4.69) is 97.1 Å². The van der Waals surface area contributed by atoms with E-state index in [1.807, 2.05) is 78.1 Å². The van der Waals surface area contributed by atoms with Crippen molar-refractivity contribution in [2.75, 3.05) is 0 Å². The molecule has 0 saturated heterocycles. The summed E-state index contributed by atoms with van der Waals surface area (Å²) in [6.45, 7) is 0. The Balaban J connectivity index is 1.11. The summed E-state index contributed by atoms with van der Waals surface area (Å²) in [6, 6.07) is 56.9. The highest BCUT2D eigenvalue weighted by atomic mass is 32.1. The van der Waals surface area contributed by atoms with Gasteiger partial charge in [0.05, 0.1) is 0 Å². The van der Waals surface area contributed by atoms with Crippen molar-refractivity contribution in [2.24, 2.45) is 0 Å². The first-order valence-corrected chi connectivity index (χ1v) is 17.4. The molecule has 3 heterocycles. The predicted octanol–water partition coefficient (Wildman–Crippen LogP) is 12.5. The summed E-state index contributed by atoms with van der Waals surface area (Å²) in [5.41, 5.74) is 9.19. The quantitative estimate of drug-likeness (QED) is 0.185. The fraction of sp³-hybridized carbons (Fsp3) is 0. The molecule has 0 aliphatic heterocycles. The number of furan rings is 1. The van der Waals surface area contributed by atoms with Crippen LogP contribution in [0.25, 0.3) is 98.5 Å². The summed E-state index contributed by atoms with van der Waals surface area (Å²) in [4.78, 5) is 14.7. The van der Waals surface area contributed by atoms with Crippen molar-refractivity contribution in [1.82, 2.24) is 15.0 Å². The van der Waals surface area contributed by atoms with Crippen LogP contribution in [-0.2, 0) is 0 Å². The average Bonchev–Trinajstić information content (AvgIpc) is 3.76. The fourth-order valence-electron chi connectivity index (χ4n) is 6.86. The van der Waals surface area contributed by atoms with Gasteiger partial charge in [0.2, 0.25) is 0 Å². The van der Waals surface area contributed by atoms with Crippen LogP contribution in [0.15, 0.2) is 168 Å². The first kappa shape index (κ1) is 28.6. The molecular formula is C45H27N3OS. The topological polar surface area (TPSA) is 51.8 Å². The number of benzene rings is 7. The van der Waals surface area contributed by atoms with Gasteiger partial charge in [-0.3, -0.25) is 0 Å². The highest BCUT2D eigenvalue weighted by Gasteiger charge is 2.17. The SMILES string of the molecule is c1ccc(-c2nc(-c3ccccc3)nc(-c3ccc4c(c3)oc3ccc(-c5cc(-c6ccccc6)c6sc7ccccc7c6c5)cc34)n2)cc1. The van der Waals surface area contributed by atoms with Gasteiger partial charge in [-0.2, -0.15) is 0 Å². The van der Waals surface area contributed by atoms with Gasteiger partial charge >= 0.3 is 0 Å². The molecule has 3 aromatic heterocycles. The van der Waals surface area contributed by atoms with Gasteiger partial charge in [0.15, 0.2) is 17.5 Å². The van der Waals surface area contributed by atoms with Crippen LogP contribution in [0.1, 0.15) is 0 Å². The Morgan fingerprint density at radius 3 is 1.64 bits per heavy atom. The molecule has 0 amide bonds. The van der Waals surface area contributed by atoms with Crippen molar-refractivity contribution in [1.29, 1.82) is 0 Å². The Morgan fingerprint density at radius 1 is 0.360 bits per heavy atom. The zero-order valence-corrected chi connectivity index (χ0v) is 27.6. The largest absolute Gasteiger partial charge is 0.456 e. The Morgan fingerprint density at radius 2 is 0.940 bits per heavy atom. The maximum Gasteiger partial charge on any atom is 0.164 e. The van der Waals surface area contributed by atoms with Crippen LogP contribution in [0.5, 0.6) is 0 Å². The number of rotatable bonds is 5. The Kier molecular flexibility index (Phi) is 6.64. The second-order valence-electron chi connectivity index (χ2n) is 12.4. The van der Waals surface area contributed by atoms with Gasteiger partial charge in [-0.05, 0) is 59.2 Å². The lowest BCUT2D eigenvalue weighted by Gasteiger charge is -2.09. The second-order valence-corrected chi connectivity index (χ2v) is 13.5. The summed E-state index contributed by atoms with van der Waals surface area (Å²) in [6.07, 6.45) is 0. The molecule has 0 radical (unpaired) electrons. The minimum Gasteiger partial charge on any atom is -0.456 e. The summed E-state index contributed by atoms with van der Waals surface area (Å²) < 4.78 is 9.09. The van der Waals surface area contributed by atoms with Crippen molar-refractivity contribution in [2.45, 2.75) is 0 Å². The first-order chi connectivity index (χ1) is 24.7. The molecule has 0 fully saturated rings. The maximum atomic E-state index is 6.47. The molecule has 7 aromatic carbocycles. The number of hydrogen-bond donors (Lipinski definition) is 0. The molecule has 0 atom stereocenters. The third kappa shape index (κ3) is 4.87. The van der Waals surface area contributed by atoms with Crippen LogP contribution < -0.4 is 0 Å². The van der Waals surface area contributed by atoms with Crippen molar-refractivity contribution < 1.29 is 4.42 Å². The van der Waals surface area contributed by atoms with Gasteiger partial charge < -0.3 is 4.42 Å². The van der Waals surface area contributed by atoms with E-state index in [9.17, 15) is 0 Å². The highest BCUT2D eigenvalue weighted by molar-refractivity contribution is 7.26. The standard InChI is InChI=1S/C45H27N3OS/c1-4-12-28(13-5-1)36-25-33(26-38-35-18-10-11-19-41(35)50-42(36)38)31-21-23-39-37(24-31)34-22-20-32(27-40(34)49-39)45-47-43(29-14-6-2-7-15-29)46-44(48-45)30-16-8-3-9-17-30/h1-27H. The van der Waals surface area contributed by atoms with E-state index in [4.69, 9.17) is 19.4 Å². The van der Waals surface area contributed by atoms with Crippen LogP contribution in [0.3, 0.4) is 0 Å². The van der Waals surface area contributed by atoms with Crippen LogP contribution in [0, 0.1) is 0 Å². The first-order valence-electron chi connectivity index (χ1n) is 16.6. The molecule has 0 aliphatic rings. The van der Waals surface area contributed by atoms with Crippen LogP contribution in [0.4, 0.5) is 0 Å². The second kappa shape index (κ2) is 11.6. The Labute approximate surface area is 292 Å². The lowest BCUT2D eigenvalue weighted by Crippen LogP contribution is -2.00. The molecule has 234 valence electrons. The van der Waals surface area contributed by atoms with Crippen molar-refractivity contribution in [3.8, 4) is 56.4 Å². The number of hydrogen-bond acceptors (Lipinski definition) is 5. The van der Waals surface area contributed by atoms with Crippen molar-refractivity contribution >= 4 is 53.4 Å². The number of aromatic nitrogens is 3. The van der Waals surface area contributed by atoms with Gasteiger partial charge in [0.1, 0.15) is 11.2 Å². The lowest BCUT2D eigenvalue weighted by molar-refractivity contribution is 0.669. The zero-order chi connectivity index (χ0) is 33.0. The Bertz CT molecular complexity index is 2800. The zero-order valence-electron chi connectivity index (χ0n) is 26.7. The molecule has 4 nitrogen and oxygen atoms in total. The minimum absolute atomic E-state index is 0.602. The normalized spacial score (nSPS) is 11.6. The molecule has 50 heavy (non-hydrogen) atoms. The highest BCUT2D eigenvalue weighted by Crippen LogP contribution is 2.43. The van der Waals surface area contributed by atoms with E-state index in [1.54, 1.807) is 0 Å². The smallest absolute Gasteiger partial charge is 0.164 e. The van der Waals surface area contributed by atoms with Crippen LogP contribution in [0.2, 0.25) is 0 Å². The van der Waals surface area contributed by atoms with Gasteiger partial charge in [-0.15, -0.1) is 11.3 Å². The van der Waals surface area contributed by atoms with Crippen LogP contribution >= 0.6 is 11.3 Å². The average molecular weight is 658 g/mol. The monoisotopic (exact) mass is 657 g/mol. The summed E-state index contributed by atoms with van der Waals surface area (Å²) in [5.74, 6) is 1.87. The van der Waals surface area contributed by atoms with Crippen molar-refractivity contribution in [3.63, 3.8) is 0 Å². The molecule has 5 heteroatoms. The number of nitrogens with zero attached hydrogens (tertiary/aromatic N) is 3. The predicted molar refractivity (Wildman–Crippen MR) is 207 cm³/mol. The molecular weight excluding hydrogens is 631 g/mol.